The number of nitrogens with zero attached hydrogens (tertiary/aromatic N) is 5. The Balaban J connectivity index is 2.02. The second kappa shape index (κ2) is 6.67. The van der Waals surface area contributed by atoms with Gasteiger partial charge in [-0.3, -0.25) is 14.4 Å². The number of carboxylic acids is 1. The van der Waals surface area contributed by atoms with Gasteiger partial charge < -0.3 is 5.11 Å². The van der Waals surface area contributed by atoms with Crippen molar-refractivity contribution in [3.8, 4) is 11.8 Å². The highest BCUT2D eigenvalue weighted by atomic mass is 35.5. The Hall–Kier alpha value is -3.50. The van der Waals surface area contributed by atoms with Crippen LogP contribution in [0.3, 0.4) is 0 Å². The monoisotopic (exact) mass is 377 g/mol. The Morgan fingerprint density at radius 1 is 1.19 bits per heavy atom. The number of benzene rings is 2. The van der Waals surface area contributed by atoms with E-state index in [-0.39, 0.29) is 12.2 Å². The van der Waals surface area contributed by atoms with Crippen LogP contribution >= 0.6 is 11.6 Å². The quantitative estimate of drug-likeness (QED) is 0.754. The summed E-state index contributed by atoms with van der Waals surface area (Å²) < 4.78 is 1.58. The van der Waals surface area contributed by atoms with Gasteiger partial charge in [-0.2, -0.15) is 5.26 Å². The van der Waals surface area contributed by atoms with Crippen LogP contribution in [0.1, 0.15) is 35.2 Å². The number of hydrogen-bond donors (Lipinski definition) is 1. The summed E-state index contributed by atoms with van der Waals surface area (Å²) in [5.41, 5.74) is 2.84. The van der Waals surface area contributed by atoms with E-state index in [4.69, 9.17) is 16.6 Å². The van der Waals surface area contributed by atoms with E-state index < -0.39 is 12.0 Å². The summed E-state index contributed by atoms with van der Waals surface area (Å²) >= 11 is 6.00. The van der Waals surface area contributed by atoms with Gasteiger partial charge in [0.1, 0.15) is 12.1 Å². The molecule has 2 heterocycles. The number of para-hydroxylation sites is 1. The largest absolute Gasteiger partial charge is 0.481 e. The molecule has 0 radical (unpaired) electrons. The molecule has 0 bridgehead atoms. The molecular formula is C19H12ClN5O2. The Bertz CT molecular complexity index is 1110. The zero-order chi connectivity index (χ0) is 19.0. The first kappa shape index (κ1) is 16.9. The Kier molecular flexibility index (Phi) is 4.18. The van der Waals surface area contributed by atoms with Crippen molar-refractivity contribution in [2.75, 3.05) is 0 Å². The minimum Gasteiger partial charge on any atom is -0.481 e. The van der Waals surface area contributed by atoms with Crippen molar-refractivity contribution >= 4 is 23.3 Å². The average molecular weight is 378 g/mol. The van der Waals surface area contributed by atoms with E-state index in [1.807, 2.05) is 42.5 Å². The molecule has 0 fully saturated rings. The van der Waals surface area contributed by atoms with Crippen LogP contribution < -0.4 is 0 Å². The molecule has 1 aliphatic heterocycles. The van der Waals surface area contributed by atoms with Crippen molar-refractivity contribution in [1.82, 2.24) is 14.8 Å². The number of hydrogen-bond acceptors (Lipinski definition) is 5. The van der Waals surface area contributed by atoms with Crippen LogP contribution in [0.5, 0.6) is 0 Å². The van der Waals surface area contributed by atoms with Crippen molar-refractivity contribution in [1.29, 1.82) is 5.26 Å². The van der Waals surface area contributed by atoms with Gasteiger partial charge in [-0.25, -0.2) is 0 Å². The highest BCUT2D eigenvalue weighted by Gasteiger charge is 2.30. The van der Waals surface area contributed by atoms with Crippen molar-refractivity contribution in [2.45, 2.75) is 12.5 Å². The molecule has 0 saturated carbocycles. The minimum atomic E-state index is -1.02. The number of aromatic nitrogens is 3. The first-order valence-electron chi connectivity index (χ1n) is 8.09. The highest BCUT2D eigenvalue weighted by Crippen LogP contribution is 2.32. The smallest absolute Gasteiger partial charge is 0.306 e. The van der Waals surface area contributed by atoms with E-state index in [2.05, 4.69) is 10.2 Å². The number of fused-ring (bicyclic) bond motifs is 3. The lowest BCUT2D eigenvalue weighted by molar-refractivity contribution is -0.137. The number of carbonyl (C=O) groups is 1. The summed E-state index contributed by atoms with van der Waals surface area (Å²) in [7, 11) is 0. The van der Waals surface area contributed by atoms with Gasteiger partial charge in [0.15, 0.2) is 5.82 Å². The van der Waals surface area contributed by atoms with Gasteiger partial charge in [-0.15, -0.1) is 10.2 Å². The molecule has 3 aromatic rings. The highest BCUT2D eigenvalue weighted by molar-refractivity contribution is 6.30. The lowest BCUT2D eigenvalue weighted by Gasteiger charge is -2.11. The maximum absolute atomic E-state index is 11.4. The summed E-state index contributed by atoms with van der Waals surface area (Å²) in [5, 5.41) is 27.3. The number of carboxylic acid groups (broad SMARTS) is 1. The third kappa shape index (κ3) is 2.96. The minimum absolute atomic E-state index is 0.0837. The molecule has 4 rings (SSSR count). The molecule has 1 aromatic heterocycles. The van der Waals surface area contributed by atoms with E-state index in [1.54, 1.807) is 16.7 Å². The van der Waals surface area contributed by atoms with Crippen LogP contribution in [0.25, 0.3) is 5.69 Å². The molecule has 7 nitrogen and oxygen atoms in total. The summed E-state index contributed by atoms with van der Waals surface area (Å²) in [4.78, 5) is 16.1. The third-order valence-electron chi connectivity index (χ3n) is 4.26. The van der Waals surface area contributed by atoms with Crippen molar-refractivity contribution in [3.63, 3.8) is 0 Å². The van der Waals surface area contributed by atoms with Crippen LogP contribution in [0, 0.1) is 11.3 Å². The second-order valence-electron chi connectivity index (χ2n) is 5.94. The fourth-order valence-corrected chi connectivity index (χ4v) is 3.24. The predicted octanol–water partition coefficient (Wildman–Crippen LogP) is 3.16. The second-order valence-corrected chi connectivity index (χ2v) is 6.38. The molecule has 0 aliphatic carbocycles. The molecular weight excluding hydrogens is 366 g/mol. The maximum Gasteiger partial charge on any atom is 0.306 e. The maximum atomic E-state index is 11.4. The molecule has 27 heavy (non-hydrogen) atoms. The number of aliphatic carboxylic acids is 1. The van der Waals surface area contributed by atoms with Crippen molar-refractivity contribution in [2.24, 2.45) is 4.99 Å². The van der Waals surface area contributed by atoms with Gasteiger partial charge in [0.2, 0.25) is 5.82 Å². The molecule has 0 spiro atoms. The van der Waals surface area contributed by atoms with Gasteiger partial charge in [0.05, 0.1) is 17.8 Å². The first-order chi connectivity index (χ1) is 13.1. The zero-order valence-corrected chi connectivity index (χ0v) is 14.6. The fourth-order valence-electron chi connectivity index (χ4n) is 3.11. The lowest BCUT2D eigenvalue weighted by atomic mass is 10.0. The number of aliphatic imine (C=N–C) groups is 1. The Morgan fingerprint density at radius 3 is 2.63 bits per heavy atom. The van der Waals surface area contributed by atoms with E-state index in [9.17, 15) is 15.2 Å². The van der Waals surface area contributed by atoms with Crippen molar-refractivity contribution in [3.05, 3.63) is 76.3 Å². The Morgan fingerprint density at radius 2 is 1.93 bits per heavy atom. The van der Waals surface area contributed by atoms with Crippen LogP contribution in [0.4, 0.5) is 0 Å². The fraction of sp³-hybridized carbons (Fsp3) is 0.105. The van der Waals surface area contributed by atoms with E-state index in [0.717, 1.165) is 11.1 Å². The van der Waals surface area contributed by atoms with Gasteiger partial charge >= 0.3 is 5.97 Å². The van der Waals surface area contributed by atoms with Crippen LogP contribution in [-0.2, 0) is 4.79 Å². The number of rotatable bonds is 3. The van der Waals surface area contributed by atoms with Gasteiger partial charge in [-0.05, 0) is 18.2 Å². The molecule has 1 atom stereocenters. The molecule has 1 aliphatic rings. The summed E-state index contributed by atoms with van der Waals surface area (Å²) in [5.74, 6) is -0.607. The lowest BCUT2D eigenvalue weighted by Crippen LogP contribution is -2.10. The Labute approximate surface area is 159 Å². The predicted molar refractivity (Wildman–Crippen MR) is 98.2 cm³/mol. The van der Waals surface area contributed by atoms with E-state index in [1.165, 1.54) is 0 Å². The molecule has 1 N–H and O–H groups in total. The number of halogens is 1. The van der Waals surface area contributed by atoms with E-state index >= 15 is 0 Å². The standard InChI is InChI=1S/C19H12ClN5O2/c20-12-7-5-11(6-8-12)18-13-3-1-2-4-15(13)25-16(10-21)23-24-19(25)14(22-18)9-17(26)27/h1-8,14H,9H2,(H,26,27)/t14-/m0/s1. The average Bonchev–Trinajstić information content (AvgIpc) is 3.04. The van der Waals surface area contributed by atoms with Gasteiger partial charge in [0.25, 0.3) is 0 Å². The summed E-state index contributed by atoms with van der Waals surface area (Å²) in [6.45, 7) is 0. The van der Waals surface area contributed by atoms with Crippen LogP contribution in [0.15, 0.2) is 53.5 Å². The summed E-state index contributed by atoms with van der Waals surface area (Å²) in [6, 6.07) is 15.8. The molecule has 8 heteroatoms. The van der Waals surface area contributed by atoms with Crippen LogP contribution in [-0.4, -0.2) is 31.6 Å². The van der Waals surface area contributed by atoms with Gasteiger partial charge in [-0.1, -0.05) is 41.9 Å². The topological polar surface area (TPSA) is 104 Å². The van der Waals surface area contributed by atoms with Gasteiger partial charge in [0, 0.05) is 16.1 Å². The molecule has 0 saturated heterocycles. The summed E-state index contributed by atoms with van der Waals surface area (Å²) in [6.07, 6.45) is -0.269. The molecule has 0 unspecified atom stereocenters. The molecule has 0 amide bonds. The van der Waals surface area contributed by atoms with Crippen LogP contribution in [0.2, 0.25) is 5.02 Å². The zero-order valence-electron chi connectivity index (χ0n) is 13.9. The molecule has 2 aromatic carbocycles. The SMILES string of the molecule is N#Cc1nnc2n1-c1ccccc1C(c1ccc(Cl)cc1)=N[C@H]2CC(=O)O. The van der Waals surface area contributed by atoms with Crippen molar-refractivity contribution < 1.29 is 9.90 Å². The normalized spacial score (nSPS) is 15.1. The van der Waals surface area contributed by atoms with E-state index in [0.29, 0.717) is 22.2 Å². The first-order valence-corrected chi connectivity index (χ1v) is 8.47. The number of nitriles is 1. The molecule has 132 valence electrons. The third-order valence-corrected chi connectivity index (χ3v) is 4.51.